The minimum absolute atomic E-state index is 0.167. The van der Waals surface area contributed by atoms with Gasteiger partial charge in [-0.1, -0.05) is 36.4 Å². The Labute approximate surface area is 149 Å². The second kappa shape index (κ2) is 8.48. The number of benzene rings is 2. The molecule has 0 heterocycles. The van der Waals surface area contributed by atoms with Crippen molar-refractivity contribution in [3.8, 4) is 5.75 Å². The van der Waals surface area contributed by atoms with E-state index in [0.717, 1.165) is 30.7 Å². The minimum Gasteiger partial charge on any atom is -0.497 e. The molecule has 0 saturated carbocycles. The number of methoxy groups -OCH3 is 1. The normalized spacial score (nSPS) is 17.5. The summed E-state index contributed by atoms with van der Waals surface area (Å²) in [6.45, 7) is 1.49. The molecule has 0 saturated heterocycles. The first-order valence-electron chi connectivity index (χ1n) is 8.97. The molecule has 0 fully saturated rings. The number of hydrogen-bond donors (Lipinski definition) is 2. The lowest BCUT2D eigenvalue weighted by atomic mass is 10.0. The molecule has 2 aromatic carbocycles. The number of hydrogen-bond acceptors (Lipinski definition) is 4. The Morgan fingerprint density at radius 1 is 1.20 bits per heavy atom. The highest BCUT2D eigenvalue weighted by Gasteiger charge is 2.28. The van der Waals surface area contributed by atoms with Gasteiger partial charge in [0.05, 0.1) is 13.2 Å². The fourth-order valence-corrected chi connectivity index (χ4v) is 3.74. The summed E-state index contributed by atoms with van der Waals surface area (Å²) in [6.07, 6.45) is 2.27. The summed E-state index contributed by atoms with van der Waals surface area (Å²) < 4.78 is 5.26. The second-order valence-corrected chi connectivity index (χ2v) is 6.62. The van der Waals surface area contributed by atoms with E-state index in [4.69, 9.17) is 4.74 Å². The first-order chi connectivity index (χ1) is 12.2. The molecule has 2 atom stereocenters. The number of aliphatic hydroxyl groups excluding tert-OH is 2. The Morgan fingerprint density at radius 3 is 2.84 bits per heavy atom. The fraction of sp³-hybridized carbons (Fsp3) is 0.429. The number of ether oxygens (including phenoxy) is 1. The molecular weight excluding hydrogens is 314 g/mol. The van der Waals surface area contributed by atoms with Crippen LogP contribution < -0.4 is 4.74 Å². The van der Waals surface area contributed by atoms with Crippen molar-refractivity contribution >= 4 is 0 Å². The second-order valence-electron chi connectivity index (χ2n) is 6.62. The molecule has 0 bridgehead atoms. The van der Waals surface area contributed by atoms with Crippen molar-refractivity contribution in [2.24, 2.45) is 0 Å². The summed E-state index contributed by atoms with van der Waals surface area (Å²) in [5.41, 5.74) is 3.62. The number of rotatable bonds is 8. The number of aliphatic hydroxyl groups is 2. The molecule has 0 aromatic heterocycles. The highest BCUT2D eigenvalue weighted by atomic mass is 16.5. The number of fused-ring (bicyclic) bond motifs is 1. The molecule has 2 N–H and O–H groups in total. The maximum absolute atomic E-state index is 10.8. The van der Waals surface area contributed by atoms with E-state index < -0.39 is 6.10 Å². The van der Waals surface area contributed by atoms with Gasteiger partial charge in [-0.3, -0.25) is 4.90 Å². The van der Waals surface area contributed by atoms with E-state index in [9.17, 15) is 10.2 Å². The lowest BCUT2D eigenvalue weighted by molar-refractivity contribution is 0.0808. The van der Waals surface area contributed by atoms with Crippen molar-refractivity contribution < 1.29 is 14.9 Å². The Hall–Kier alpha value is -1.88. The molecule has 0 amide bonds. The van der Waals surface area contributed by atoms with Crippen molar-refractivity contribution in [1.29, 1.82) is 0 Å². The predicted octanol–water partition coefficient (Wildman–Crippen LogP) is 3.10. The number of aryl methyl sites for hydroxylation is 1. The van der Waals surface area contributed by atoms with Crippen LogP contribution >= 0.6 is 0 Å². The van der Waals surface area contributed by atoms with E-state index in [1.54, 1.807) is 7.11 Å². The Morgan fingerprint density at radius 2 is 2.04 bits per heavy atom. The van der Waals surface area contributed by atoms with Crippen LogP contribution in [0.2, 0.25) is 0 Å². The van der Waals surface area contributed by atoms with Crippen molar-refractivity contribution in [2.45, 2.75) is 31.4 Å². The topological polar surface area (TPSA) is 52.9 Å². The van der Waals surface area contributed by atoms with Crippen LogP contribution in [-0.2, 0) is 6.42 Å². The van der Waals surface area contributed by atoms with Gasteiger partial charge in [-0.25, -0.2) is 0 Å². The first kappa shape index (κ1) is 17.9. The largest absolute Gasteiger partial charge is 0.497 e. The molecule has 4 heteroatoms. The van der Waals surface area contributed by atoms with E-state index >= 15 is 0 Å². The van der Waals surface area contributed by atoms with Crippen LogP contribution in [0.15, 0.2) is 48.5 Å². The summed E-state index contributed by atoms with van der Waals surface area (Å²) >= 11 is 0. The van der Waals surface area contributed by atoms with Crippen molar-refractivity contribution in [3.05, 3.63) is 65.2 Å². The highest BCUT2D eigenvalue weighted by molar-refractivity contribution is 5.35. The quantitative estimate of drug-likeness (QED) is 0.775. The van der Waals surface area contributed by atoms with Gasteiger partial charge in [-0.2, -0.15) is 0 Å². The standard InChI is InChI=1S/C21H27NO3/c1-25-18-8-4-7-17(14-18)21(24)15-22(12-5-13-23)20-11-10-16-6-2-3-9-19(16)20/h2-4,6-9,14,20-21,23-24H,5,10-13,15H2,1H3. The summed E-state index contributed by atoms with van der Waals surface area (Å²) in [5.74, 6) is 0.754. The lowest BCUT2D eigenvalue weighted by Crippen LogP contribution is -2.33. The number of nitrogens with zero attached hydrogens (tertiary/aromatic N) is 1. The zero-order valence-corrected chi connectivity index (χ0v) is 14.8. The maximum Gasteiger partial charge on any atom is 0.119 e. The highest BCUT2D eigenvalue weighted by Crippen LogP contribution is 2.36. The van der Waals surface area contributed by atoms with Crippen LogP contribution in [0.5, 0.6) is 5.75 Å². The van der Waals surface area contributed by atoms with Gasteiger partial charge in [-0.15, -0.1) is 0 Å². The molecule has 0 radical (unpaired) electrons. The lowest BCUT2D eigenvalue weighted by Gasteiger charge is -2.31. The van der Waals surface area contributed by atoms with Crippen LogP contribution in [0.1, 0.15) is 41.7 Å². The third-order valence-electron chi connectivity index (χ3n) is 5.03. The average Bonchev–Trinajstić information content (AvgIpc) is 3.09. The SMILES string of the molecule is COc1cccc(C(O)CN(CCCO)C2CCc3ccccc32)c1. The molecule has 25 heavy (non-hydrogen) atoms. The molecule has 2 unspecified atom stereocenters. The molecule has 0 spiro atoms. The van der Waals surface area contributed by atoms with E-state index in [1.165, 1.54) is 11.1 Å². The van der Waals surface area contributed by atoms with Gasteiger partial charge in [0, 0.05) is 25.7 Å². The van der Waals surface area contributed by atoms with Gasteiger partial charge in [-0.05, 0) is 48.1 Å². The fourth-order valence-electron chi connectivity index (χ4n) is 3.74. The zero-order valence-electron chi connectivity index (χ0n) is 14.8. The minimum atomic E-state index is -0.582. The summed E-state index contributed by atoms with van der Waals surface area (Å²) in [6, 6.07) is 16.5. The van der Waals surface area contributed by atoms with Gasteiger partial charge in [0.1, 0.15) is 5.75 Å². The van der Waals surface area contributed by atoms with E-state index in [1.807, 2.05) is 24.3 Å². The third kappa shape index (κ3) is 4.21. The zero-order chi connectivity index (χ0) is 17.6. The molecule has 1 aliphatic carbocycles. The van der Waals surface area contributed by atoms with Gasteiger partial charge in [0.25, 0.3) is 0 Å². The molecule has 134 valence electrons. The van der Waals surface area contributed by atoms with Crippen LogP contribution in [-0.4, -0.2) is 41.9 Å². The Bertz CT molecular complexity index is 688. The molecule has 0 aliphatic heterocycles. The van der Waals surface area contributed by atoms with Gasteiger partial charge < -0.3 is 14.9 Å². The van der Waals surface area contributed by atoms with E-state index in [0.29, 0.717) is 19.0 Å². The van der Waals surface area contributed by atoms with Crippen molar-refractivity contribution in [3.63, 3.8) is 0 Å². The average molecular weight is 341 g/mol. The predicted molar refractivity (Wildman–Crippen MR) is 98.7 cm³/mol. The summed E-state index contributed by atoms with van der Waals surface area (Å²) in [5, 5.41) is 20.0. The Kier molecular flexibility index (Phi) is 6.08. The summed E-state index contributed by atoms with van der Waals surface area (Å²) in [4.78, 5) is 2.31. The summed E-state index contributed by atoms with van der Waals surface area (Å²) in [7, 11) is 1.63. The van der Waals surface area contributed by atoms with Gasteiger partial charge >= 0.3 is 0 Å². The maximum atomic E-state index is 10.8. The monoisotopic (exact) mass is 341 g/mol. The van der Waals surface area contributed by atoms with Crippen molar-refractivity contribution in [2.75, 3.05) is 26.8 Å². The Balaban J connectivity index is 1.77. The molecular formula is C21H27NO3. The molecule has 4 nitrogen and oxygen atoms in total. The first-order valence-corrected chi connectivity index (χ1v) is 8.97. The van der Waals surface area contributed by atoms with Crippen LogP contribution in [0.25, 0.3) is 0 Å². The third-order valence-corrected chi connectivity index (χ3v) is 5.03. The smallest absolute Gasteiger partial charge is 0.119 e. The molecule has 1 aliphatic rings. The molecule has 2 aromatic rings. The van der Waals surface area contributed by atoms with Gasteiger partial charge in [0.2, 0.25) is 0 Å². The molecule has 3 rings (SSSR count). The van der Waals surface area contributed by atoms with Crippen LogP contribution in [0, 0.1) is 0 Å². The van der Waals surface area contributed by atoms with Crippen LogP contribution in [0.3, 0.4) is 0 Å². The van der Waals surface area contributed by atoms with Gasteiger partial charge in [0.15, 0.2) is 0 Å². The van der Waals surface area contributed by atoms with Crippen LogP contribution in [0.4, 0.5) is 0 Å². The van der Waals surface area contributed by atoms with Crippen molar-refractivity contribution in [1.82, 2.24) is 4.90 Å². The van der Waals surface area contributed by atoms with E-state index in [-0.39, 0.29) is 6.61 Å². The van der Waals surface area contributed by atoms with E-state index in [2.05, 4.69) is 29.2 Å².